The topological polar surface area (TPSA) is 218 Å². The predicted octanol–water partition coefficient (Wildman–Crippen LogP) is 7.49. The fourth-order valence-electron chi connectivity index (χ4n) is 3.82. The van der Waals surface area contributed by atoms with Gasteiger partial charge in [-0.15, -0.1) is 11.3 Å². The van der Waals surface area contributed by atoms with Gasteiger partial charge in [0.15, 0.2) is 5.76 Å². The van der Waals surface area contributed by atoms with E-state index in [1.807, 2.05) is 0 Å². The molecule has 0 aliphatic rings. The fraction of sp³-hybridized carbons (Fsp3) is 0.129. The summed E-state index contributed by atoms with van der Waals surface area (Å²) in [5.74, 6) is -0.771. The minimum atomic E-state index is -3.92. The zero-order valence-electron chi connectivity index (χ0n) is 28.1. The molecule has 55 heavy (non-hydrogen) atoms. The number of aromatic nitrogens is 1. The molecule has 0 radical (unpaired) electrons. The van der Waals surface area contributed by atoms with Gasteiger partial charge in [0, 0.05) is 58.2 Å². The number of carbonyl (C=O) groups is 2. The maximum absolute atomic E-state index is 11.8. The van der Waals surface area contributed by atoms with Crippen LogP contribution in [0.3, 0.4) is 0 Å². The third-order valence-electron chi connectivity index (χ3n) is 6.20. The zero-order chi connectivity index (χ0) is 41.8. The SMILES string of the molecule is COC(=O)c1ccccc1S(=O)(=O)Cl.Cc1noc(C)c1S(=O)(=O)Cl.O=C(NCc1ccc(S(=O)(=O)Cl)s1)c1ccc(Cl)cc1.O=S(=O)(Cl)c1ccccc1. The Morgan fingerprint density at radius 1 is 0.727 bits per heavy atom. The molecule has 2 aromatic heterocycles. The first-order valence-corrected chi connectivity index (χ1v) is 24.9. The molecule has 0 atom stereocenters. The Labute approximate surface area is 343 Å². The van der Waals surface area contributed by atoms with E-state index in [2.05, 4.69) is 19.7 Å². The first-order chi connectivity index (χ1) is 25.4. The number of rotatable bonds is 8. The molecule has 0 saturated heterocycles. The molecule has 14 nitrogen and oxygen atoms in total. The van der Waals surface area contributed by atoms with Gasteiger partial charge < -0.3 is 14.6 Å². The summed E-state index contributed by atoms with van der Waals surface area (Å²) < 4.78 is 96.2. The molecule has 24 heteroatoms. The van der Waals surface area contributed by atoms with Crippen LogP contribution in [0.1, 0.15) is 37.0 Å². The summed E-state index contributed by atoms with van der Waals surface area (Å²) >= 11 is 6.76. The molecule has 0 aliphatic carbocycles. The molecule has 298 valence electrons. The number of hydrogen-bond acceptors (Lipinski definition) is 14. The number of benzene rings is 3. The summed E-state index contributed by atoms with van der Waals surface area (Å²) in [5.41, 5.74) is 0.707. The average molecular weight is 957 g/mol. The number of aryl methyl sites for hydroxylation is 2. The highest BCUT2D eigenvalue weighted by molar-refractivity contribution is 8.15. The van der Waals surface area contributed by atoms with E-state index >= 15 is 0 Å². The van der Waals surface area contributed by atoms with E-state index < -0.39 is 42.2 Å². The van der Waals surface area contributed by atoms with E-state index in [-0.39, 0.29) is 48.4 Å². The highest BCUT2D eigenvalue weighted by Gasteiger charge is 2.22. The van der Waals surface area contributed by atoms with Gasteiger partial charge in [0.2, 0.25) is 0 Å². The first-order valence-electron chi connectivity index (χ1n) is 14.4. The van der Waals surface area contributed by atoms with E-state index in [1.54, 1.807) is 48.5 Å². The van der Waals surface area contributed by atoms with Crippen LogP contribution in [0.2, 0.25) is 5.02 Å². The molecule has 2 heterocycles. The molecule has 1 amide bonds. The van der Waals surface area contributed by atoms with Gasteiger partial charge in [-0.1, -0.05) is 47.1 Å². The molecule has 0 saturated carbocycles. The van der Waals surface area contributed by atoms with E-state index in [9.17, 15) is 43.3 Å². The van der Waals surface area contributed by atoms with Gasteiger partial charge >= 0.3 is 5.97 Å². The highest BCUT2D eigenvalue weighted by Crippen LogP contribution is 2.25. The molecule has 0 fully saturated rings. The van der Waals surface area contributed by atoms with Gasteiger partial charge in [0.25, 0.3) is 42.1 Å². The van der Waals surface area contributed by atoms with Crippen LogP contribution < -0.4 is 5.32 Å². The van der Waals surface area contributed by atoms with Gasteiger partial charge in [-0.3, -0.25) is 4.79 Å². The Bertz CT molecular complexity index is 2530. The van der Waals surface area contributed by atoms with E-state index in [4.69, 9.17) is 54.3 Å². The second-order valence-corrected chi connectivity index (χ2v) is 22.1. The maximum Gasteiger partial charge on any atom is 0.339 e. The molecule has 5 aromatic rings. The fourth-order valence-corrected chi connectivity index (χ4v) is 9.29. The van der Waals surface area contributed by atoms with Crippen molar-refractivity contribution in [2.75, 3.05) is 7.11 Å². The second-order valence-electron chi connectivity index (χ2n) is 10.1. The monoisotopic (exact) mass is 954 g/mol. The highest BCUT2D eigenvalue weighted by atomic mass is 35.7. The van der Waals surface area contributed by atoms with Crippen LogP contribution in [0.5, 0.6) is 0 Å². The summed E-state index contributed by atoms with van der Waals surface area (Å²) in [7, 11) is 6.77. The lowest BCUT2D eigenvalue weighted by atomic mass is 10.2. The first kappa shape index (κ1) is 47.9. The molecule has 0 spiro atoms. The summed E-state index contributed by atoms with van der Waals surface area (Å²) in [6.45, 7) is 3.25. The number of carbonyl (C=O) groups excluding carboxylic acids is 2. The smallest absolute Gasteiger partial charge is 0.339 e. The van der Waals surface area contributed by atoms with Crippen molar-refractivity contribution in [1.82, 2.24) is 10.5 Å². The number of amides is 1. The van der Waals surface area contributed by atoms with Gasteiger partial charge in [-0.2, -0.15) is 0 Å². The van der Waals surface area contributed by atoms with Crippen molar-refractivity contribution in [3.05, 3.63) is 123 Å². The molecule has 0 unspecified atom stereocenters. The quantitative estimate of drug-likeness (QED) is 0.118. The van der Waals surface area contributed by atoms with Gasteiger partial charge in [0.1, 0.15) is 14.8 Å². The number of ether oxygens (including phenoxy) is 1. The average Bonchev–Trinajstić information content (AvgIpc) is 3.74. The molecule has 0 bridgehead atoms. The van der Waals surface area contributed by atoms with Crippen LogP contribution in [-0.4, -0.2) is 57.8 Å². The number of hydrogen-bond donors (Lipinski definition) is 1. The Kier molecular flexibility index (Phi) is 18.1. The Hall–Kier alpha value is -3.24. The van der Waals surface area contributed by atoms with Crippen molar-refractivity contribution in [2.24, 2.45) is 0 Å². The molecule has 3 aromatic carbocycles. The van der Waals surface area contributed by atoms with Crippen LogP contribution in [0, 0.1) is 13.8 Å². The van der Waals surface area contributed by atoms with Gasteiger partial charge in [0.05, 0.1) is 29.0 Å². The predicted molar refractivity (Wildman–Crippen MR) is 209 cm³/mol. The summed E-state index contributed by atoms with van der Waals surface area (Å²) in [5, 5.41) is 6.69. The molecule has 0 aliphatic heterocycles. The van der Waals surface area contributed by atoms with E-state index in [0.29, 0.717) is 15.5 Å². The van der Waals surface area contributed by atoms with E-state index in [0.717, 1.165) is 11.3 Å². The number of nitrogens with one attached hydrogen (secondary N) is 1. The molecule has 1 N–H and O–H groups in total. The maximum atomic E-state index is 11.8. The largest absolute Gasteiger partial charge is 0.465 e. The summed E-state index contributed by atoms with van der Waals surface area (Å²) in [4.78, 5) is 23.5. The number of nitrogens with zero attached hydrogens (tertiary/aromatic N) is 1. The molecular weight excluding hydrogens is 930 g/mol. The normalized spacial score (nSPS) is 11.3. The number of esters is 1. The Morgan fingerprint density at radius 3 is 1.71 bits per heavy atom. The minimum Gasteiger partial charge on any atom is -0.465 e. The Morgan fingerprint density at radius 2 is 1.29 bits per heavy atom. The lowest BCUT2D eigenvalue weighted by molar-refractivity contribution is 0.0596. The Balaban J connectivity index is 0.000000264. The van der Waals surface area contributed by atoms with Crippen molar-refractivity contribution in [1.29, 1.82) is 0 Å². The third-order valence-corrected chi connectivity index (χ3v) is 13.9. The number of halogens is 5. The number of thiophene rings is 1. The minimum absolute atomic E-state index is 0.0285. The standard InChI is InChI=1S/C12H9Cl2NO3S2.C8H7ClO4S.C6H5ClO2S.C5H6ClNO3S/c13-9-3-1-8(2-4-9)12(16)15-7-10-5-6-11(19-10)20(14,17)18;1-13-8(10)6-4-2-3-5-7(6)14(9,11)12;7-10(8,9)6-4-2-1-3-5-6;1-3-5(11(6,8)9)4(2)10-7-3/h1-6H,7H2,(H,15,16);2-5H,1H3;1-5H;1-2H3. The van der Waals surface area contributed by atoms with Crippen molar-refractivity contribution < 1.29 is 52.5 Å². The summed E-state index contributed by atoms with van der Waals surface area (Å²) in [6, 6.07) is 22.9. The lowest BCUT2D eigenvalue weighted by Crippen LogP contribution is -2.22. The third kappa shape index (κ3) is 16.0. The van der Waals surface area contributed by atoms with Gasteiger partial charge in [-0.25, -0.2) is 38.5 Å². The van der Waals surface area contributed by atoms with Crippen LogP contribution >= 0.6 is 65.7 Å². The van der Waals surface area contributed by atoms with Crippen molar-refractivity contribution in [3.8, 4) is 0 Å². The number of methoxy groups -OCH3 is 1. The molecule has 5 rings (SSSR count). The van der Waals surface area contributed by atoms with E-state index in [1.165, 1.54) is 63.4 Å². The van der Waals surface area contributed by atoms with Crippen LogP contribution in [-0.2, 0) is 47.5 Å². The van der Waals surface area contributed by atoms with Crippen LogP contribution in [0.25, 0.3) is 0 Å². The van der Waals surface area contributed by atoms with Crippen LogP contribution in [0.15, 0.2) is 114 Å². The van der Waals surface area contributed by atoms with Crippen molar-refractivity contribution in [3.63, 3.8) is 0 Å². The van der Waals surface area contributed by atoms with Crippen molar-refractivity contribution in [2.45, 2.75) is 39.3 Å². The molecular formula is C31H27Cl5N2O12S5. The lowest BCUT2D eigenvalue weighted by Gasteiger charge is -2.03. The zero-order valence-corrected chi connectivity index (χ0v) is 36.0. The van der Waals surface area contributed by atoms with Gasteiger partial charge in [-0.05, 0) is 74.5 Å². The second kappa shape index (κ2) is 20.8. The van der Waals surface area contributed by atoms with Crippen LogP contribution in [0.4, 0.5) is 0 Å². The summed E-state index contributed by atoms with van der Waals surface area (Å²) in [6.07, 6.45) is 0. The van der Waals surface area contributed by atoms with Crippen molar-refractivity contribution >= 4 is 114 Å².